The second-order valence-corrected chi connectivity index (χ2v) is 4.19. The van der Waals surface area contributed by atoms with Gasteiger partial charge in [-0.1, -0.05) is 6.07 Å². The Bertz CT molecular complexity index is 501. The quantitative estimate of drug-likeness (QED) is 0.880. The van der Waals surface area contributed by atoms with E-state index in [9.17, 15) is 9.59 Å². The molecule has 1 N–H and O–H groups in total. The van der Waals surface area contributed by atoms with Gasteiger partial charge in [-0.25, -0.2) is 9.59 Å². The van der Waals surface area contributed by atoms with Crippen molar-refractivity contribution in [2.45, 2.75) is 12.5 Å². The average molecular weight is 251 g/mol. The third kappa shape index (κ3) is 1.97. The molecule has 1 aromatic carbocycles. The fourth-order valence-electron chi connectivity index (χ4n) is 1.73. The monoisotopic (exact) mass is 251 g/mol. The Hall–Kier alpha value is -2.24. The maximum atomic E-state index is 11.7. The lowest BCUT2D eigenvalue weighted by Crippen LogP contribution is -2.39. The summed E-state index contributed by atoms with van der Waals surface area (Å²) in [4.78, 5) is 24.0. The van der Waals surface area contributed by atoms with Crippen molar-refractivity contribution in [3.8, 4) is 5.75 Å². The number of benzene rings is 1. The molecule has 0 radical (unpaired) electrons. The van der Waals surface area contributed by atoms with E-state index in [1.54, 1.807) is 24.3 Å². The number of aliphatic carboxylic acids is 1. The zero-order valence-corrected chi connectivity index (χ0v) is 10.0. The summed E-state index contributed by atoms with van der Waals surface area (Å²) in [6, 6.07) is 6.80. The van der Waals surface area contributed by atoms with Crippen LogP contribution in [0.1, 0.15) is 6.92 Å². The van der Waals surface area contributed by atoms with Crippen molar-refractivity contribution in [3.63, 3.8) is 0 Å². The van der Waals surface area contributed by atoms with Gasteiger partial charge in [0.1, 0.15) is 5.75 Å². The molecule has 1 aromatic rings. The number of ether oxygens (including phenoxy) is 2. The lowest BCUT2D eigenvalue weighted by molar-refractivity contribution is -0.152. The number of carbonyl (C=O) groups excluding carboxylic acids is 1. The van der Waals surface area contributed by atoms with E-state index >= 15 is 0 Å². The highest BCUT2D eigenvalue weighted by Gasteiger charge is 2.48. The molecule has 0 spiro atoms. The minimum Gasteiger partial charge on any atom is -0.497 e. The Labute approximate surface area is 104 Å². The maximum absolute atomic E-state index is 11.7. The van der Waals surface area contributed by atoms with Crippen LogP contribution in [0.15, 0.2) is 24.3 Å². The first-order valence-corrected chi connectivity index (χ1v) is 5.34. The molecule has 0 bridgehead atoms. The molecule has 1 fully saturated rings. The van der Waals surface area contributed by atoms with E-state index in [-0.39, 0.29) is 6.54 Å². The summed E-state index contributed by atoms with van der Waals surface area (Å²) in [5.41, 5.74) is -0.968. The Kier molecular flexibility index (Phi) is 2.86. The molecule has 0 saturated carbocycles. The number of methoxy groups -OCH3 is 1. The molecule has 0 aromatic heterocycles. The SMILES string of the molecule is COc1cccc(N2CC(C)(C(=O)O)OC2=O)c1. The zero-order chi connectivity index (χ0) is 13.3. The standard InChI is InChI=1S/C12H13NO5/c1-12(10(14)15)7-13(11(16)18-12)8-4-3-5-9(6-8)17-2/h3-6H,7H2,1-2H3,(H,14,15). The Morgan fingerprint density at radius 1 is 1.56 bits per heavy atom. The summed E-state index contributed by atoms with van der Waals surface area (Å²) in [5.74, 6) is -0.578. The van der Waals surface area contributed by atoms with Gasteiger partial charge in [-0.05, 0) is 19.1 Å². The van der Waals surface area contributed by atoms with Crippen LogP contribution in [0.25, 0.3) is 0 Å². The molecule has 6 nitrogen and oxygen atoms in total. The third-order valence-corrected chi connectivity index (χ3v) is 2.81. The number of amides is 1. The minimum atomic E-state index is -1.51. The summed E-state index contributed by atoms with van der Waals surface area (Å²) in [5, 5.41) is 9.03. The summed E-state index contributed by atoms with van der Waals surface area (Å²) >= 11 is 0. The summed E-state index contributed by atoms with van der Waals surface area (Å²) in [6.07, 6.45) is -0.673. The summed E-state index contributed by atoms with van der Waals surface area (Å²) in [6.45, 7) is 1.34. The van der Waals surface area contributed by atoms with Crippen LogP contribution in [0.2, 0.25) is 0 Å². The molecule has 1 heterocycles. The molecule has 0 aliphatic carbocycles. The molecular formula is C12H13NO5. The van der Waals surface area contributed by atoms with E-state index in [4.69, 9.17) is 14.6 Å². The van der Waals surface area contributed by atoms with Crippen molar-refractivity contribution in [2.24, 2.45) is 0 Å². The van der Waals surface area contributed by atoms with E-state index in [1.165, 1.54) is 18.9 Å². The number of nitrogens with zero attached hydrogens (tertiary/aromatic N) is 1. The second kappa shape index (κ2) is 4.21. The van der Waals surface area contributed by atoms with Crippen molar-refractivity contribution in [1.82, 2.24) is 0 Å². The Morgan fingerprint density at radius 3 is 2.83 bits per heavy atom. The zero-order valence-electron chi connectivity index (χ0n) is 10.0. The normalized spacial score (nSPS) is 22.8. The first-order chi connectivity index (χ1) is 8.46. The first kappa shape index (κ1) is 12.2. The number of carboxylic acids is 1. The van der Waals surface area contributed by atoms with Gasteiger partial charge in [-0.3, -0.25) is 4.90 Å². The van der Waals surface area contributed by atoms with Crippen LogP contribution in [0.4, 0.5) is 10.5 Å². The molecule has 1 aliphatic rings. The Balaban J connectivity index is 2.29. The fraction of sp³-hybridized carbons (Fsp3) is 0.333. The molecule has 1 atom stereocenters. The lowest BCUT2D eigenvalue weighted by Gasteiger charge is -2.16. The predicted molar refractivity (Wildman–Crippen MR) is 62.9 cm³/mol. The molecule has 1 unspecified atom stereocenters. The van der Waals surface area contributed by atoms with Crippen LogP contribution in [-0.2, 0) is 9.53 Å². The lowest BCUT2D eigenvalue weighted by atomic mass is 10.1. The van der Waals surface area contributed by atoms with Crippen molar-refractivity contribution in [3.05, 3.63) is 24.3 Å². The Morgan fingerprint density at radius 2 is 2.28 bits per heavy atom. The van der Waals surface area contributed by atoms with E-state index in [0.29, 0.717) is 11.4 Å². The van der Waals surface area contributed by atoms with Gasteiger partial charge >= 0.3 is 12.1 Å². The van der Waals surface area contributed by atoms with Gasteiger partial charge in [0, 0.05) is 6.07 Å². The van der Waals surface area contributed by atoms with Crippen LogP contribution in [-0.4, -0.2) is 36.4 Å². The number of hydrogen-bond acceptors (Lipinski definition) is 4. The highest BCUT2D eigenvalue weighted by atomic mass is 16.6. The van der Waals surface area contributed by atoms with Crippen LogP contribution >= 0.6 is 0 Å². The highest BCUT2D eigenvalue weighted by molar-refractivity contribution is 5.95. The van der Waals surface area contributed by atoms with E-state index in [1.807, 2.05) is 0 Å². The molecule has 2 rings (SSSR count). The van der Waals surface area contributed by atoms with E-state index < -0.39 is 17.7 Å². The summed E-state index contributed by atoms with van der Waals surface area (Å²) < 4.78 is 9.95. The van der Waals surface area contributed by atoms with Crippen LogP contribution in [0.3, 0.4) is 0 Å². The number of hydrogen-bond donors (Lipinski definition) is 1. The van der Waals surface area contributed by atoms with Crippen LogP contribution in [0.5, 0.6) is 5.75 Å². The number of anilines is 1. The van der Waals surface area contributed by atoms with Crippen molar-refractivity contribution in [1.29, 1.82) is 0 Å². The van der Waals surface area contributed by atoms with Gasteiger partial charge in [0.05, 0.1) is 19.3 Å². The van der Waals surface area contributed by atoms with Crippen molar-refractivity contribution < 1.29 is 24.2 Å². The third-order valence-electron chi connectivity index (χ3n) is 2.81. The molecule has 18 heavy (non-hydrogen) atoms. The van der Waals surface area contributed by atoms with Gasteiger partial charge in [0.2, 0.25) is 5.60 Å². The molecule has 96 valence electrons. The van der Waals surface area contributed by atoms with E-state index in [2.05, 4.69) is 0 Å². The smallest absolute Gasteiger partial charge is 0.415 e. The molecular weight excluding hydrogens is 238 g/mol. The van der Waals surface area contributed by atoms with Crippen molar-refractivity contribution in [2.75, 3.05) is 18.6 Å². The van der Waals surface area contributed by atoms with E-state index in [0.717, 1.165) is 0 Å². The van der Waals surface area contributed by atoms with Gasteiger partial charge in [-0.15, -0.1) is 0 Å². The van der Waals surface area contributed by atoms with Gasteiger partial charge in [-0.2, -0.15) is 0 Å². The van der Waals surface area contributed by atoms with Gasteiger partial charge in [0.15, 0.2) is 0 Å². The molecule has 6 heteroatoms. The number of cyclic esters (lactones) is 1. The van der Waals surface area contributed by atoms with Crippen LogP contribution in [0, 0.1) is 0 Å². The van der Waals surface area contributed by atoms with Crippen molar-refractivity contribution >= 4 is 17.7 Å². The largest absolute Gasteiger partial charge is 0.497 e. The molecule has 1 aliphatic heterocycles. The number of carboxylic acid groups (broad SMARTS) is 1. The van der Waals surface area contributed by atoms with Crippen LogP contribution < -0.4 is 9.64 Å². The number of rotatable bonds is 3. The molecule has 1 amide bonds. The maximum Gasteiger partial charge on any atom is 0.415 e. The van der Waals surface area contributed by atoms with Gasteiger partial charge < -0.3 is 14.6 Å². The second-order valence-electron chi connectivity index (χ2n) is 4.19. The first-order valence-electron chi connectivity index (χ1n) is 5.34. The van der Waals surface area contributed by atoms with Gasteiger partial charge in [0.25, 0.3) is 0 Å². The fourth-order valence-corrected chi connectivity index (χ4v) is 1.73. The molecule has 1 saturated heterocycles. The highest BCUT2D eigenvalue weighted by Crippen LogP contribution is 2.30. The predicted octanol–water partition coefficient (Wildman–Crippen LogP) is 1.50. The topological polar surface area (TPSA) is 76.1 Å². The average Bonchev–Trinajstić information content (AvgIpc) is 2.66. The summed E-state index contributed by atoms with van der Waals surface area (Å²) in [7, 11) is 1.52. The minimum absolute atomic E-state index is 0.0334. The number of carbonyl (C=O) groups is 2.